The second kappa shape index (κ2) is 4.28. The smallest absolute Gasteiger partial charge is 0.273 e. The van der Waals surface area contributed by atoms with Crippen molar-refractivity contribution < 1.29 is 22.6 Å². The number of imide groups is 1. The van der Waals surface area contributed by atoms with Gasteiger partial charge in [0.05, 0.1) is 0 Å². The Morgan fingerprint density at radius 3 is 2.47 bits per heavy atom. The van der Waals surface area contributed by atoms with Gasteiger partial charge in [0.25, 0.3) is 0 Å². The average molecular weight is 235 g/mol. The molecule has 7 heteroatoms. The van der Waals surface area contributed by atoms with E-state index in [0.717, 1.165) is 12.8 Å². The first-order valence-electron chi connectivity index (χ1n) is 4.72. The number of carbonyl (C=O) groups excluding carboxylic acids is 2. The van der Waals surface area contributed by atoms with E-state index in [-0.39, 0.29) is 10.7 Å². The number of amides is 2. The molecule has 0 aromatic carbocycles. The molecular weight excluding hydrogens is 222 g/mol. The Kier molecular flexibility index (Phi) is 3.46. The van der Waals surface area contributed by atoms with Crippen molar-refractivity contribution in [3.05, 3.63) is 0 Å². The molecule has 0 radical (unpaired) electrons. The van der Waals surface area contributed by atoms with Gasteiger partial charge in [0.15, 0.2) is 0 Å². The summed E-state index contributed by atoms with van der Waals surface area (Å²) < 4.78 is 30.1. The standard InChI is InChI=1S/C8H13NO5S/c1-2-3-4-6-5-7(10)9(8(6)11)15(12,13)14/h6H,2-5H2,1H3,(H,12,13,14). The van der Waals surface area contributed by atoms with Crippen LogP contribution in [0, 0.1) is 5.92 Å². The van der Waals surface area contributed by atoms with Crippen molar-refractivity contribution in [3.8, 4) is 0 Å². The van der Waals surface area contributed by atoms with Crippen LogP contribution in [0.4, 0.5) is 0 Å². The van der Waals surface area contributed by atoms with Gasteiger partial charge in [0.2, 0.25) is 11.8 Å². The first-order chi connectivity index (χ1) is 6.88. The lowest BCUT2D eigenvalue weighted by molar-refractivity contribution is -0.133. The molecule has 0 aliphatic carbocycles. The highest BCUT2D eigenvalue weighted by Gasteiger charge is 2.44. The number of rotatable bonds is 4. The molecule has 0 aromatic rings. The molecule has 1 heterocycles. The fourth-order valence-electron chi connectivity index (χ4n) is 1.59. The summed E-state index contributed by atoms with van der Waals surface area (Å²) in [4.78, 5) is 22.6. The second-order valence-corrected chi connectivity index (χ2v) is 4.78. The number of hydrogen-bond donors (Lipinski definition) is 1. The van der Waals surface area contributed by atoms with E-state index in [1.807, 2.05) is 6.92 Å². The van der Waals surface area contributed by atoms with Crippen LogP contribution in [0.15, 0.2) is 0 Å². The zero-order chi connectivity index (χ0) is 11.6. The maximum absolute atomic E-state index is 11.4. The molecule has 1 rings (SSSR count). The van der Waals surface area contributed by atoms with Crippen molar-refractivity contribution in [1.82, 2.24) is 4.31 Å². The van der Waals surface area contributed by atoms with Gasteiger partial charge in [-0.25, -0.2) is 0 Å². The summed E-state index contributed by atoms with van der Waals surface area (Å²) in [6, 6.07) is 0. The summed E-state index contributed by atoms with van der Waals surface area (Å²) in [7, 11) is -4.72. The van der Waals surface area contributed by atoms with E-state index in [1.54, 1.807) is 0 Å². The molecular formula is C8H13NO5S. The van der Waals surface area contributed by atoms with E-state index in [0.29, 0.717) is 6.42 Å². The van der Waals surface area contributed by atoms with Crippen molar-refractivity contribution >= 4 is 22.1 Å². The topological polar surface area (TPSA) is 91.8 Å². The van der Waals surface area contributed by atoms with Gasteiger partial charge in [-0.05, 0) is 6.42 Å². The monoisotopic (exact) mass is 235 g/mol. The maximum atomic E-state index is 11.4. The van der Waals surface area contributed by atoms with Crippen molar-refractivity contribution in [2.75, 3.05) is 0 Å². The minimum atomic E-state index is -4.72. The Bertz CT molecular complexity index is 374. The van der Waals surface area contributed by atoms with Gasteiger partial charge in [0.1, 0.15) is 0 Å². The van der Waals surface area contributed by atoms with Crippen LogP contribution >= 0.6 is 0 Å². The molecule has 2 amide bonds. The quantitative estimate of drug-likeness (QED) is 0.561. The highest BCUT2D eigenvalue weighted by atomic mass is 32.2. The third-order valence-electron chi connectivity index (χ3n) is 2.33. The average Bonchev–Trinajstić information content (AvgIpc) is 2.36. The molecule has 15 heavy (non-hydrogen) atoms. The van der Waals surface area contributed by atoms with Gasteiger partial charge >= 0.3 is 10.3 Å². The number of hydrogen-bond acceptors (Lipinski definition) is 4. The summed E-state index contributed by atoms with van der Waals surface area (Å²) in [6.45, 7) is 1.93. The maximum Gasteiger partial charge on any atom is 0.368 e. The third-order valence-corrected chi connectivity index (χ3v) is 3.18. The van der Waals surface area contributed by atoms with E-state index < -0.39 is 28.0 Å². The summed E-state index contributed by atoms with van der Waals surface area (Å²) in [5, 5.41) is 0. The van der Waals surface area contributed by atoms with Crippen LogP contribution in [-0.4, -0.2) is 29.1 Å². The predicted octanol–water partition coefficient (Wildman–Crippen LogP) is 0.354. The molecule has 1 aliphatic rings. The highest BCUT2D eigenvalue weighted by molar-refractivity contribution is 7.84. The highest BCUT2D eigenvalue weighted by Crippen LogP contribution is 2.26. The van der Waals surface area contributed by atoms with Crippen molar-refractivity contribution in [1.29, 1.82) is 0 Å². The van der Waals surface area contributed by atoms with Crippen LogP contribution in [0.5, 0.6) is 0 Å². The van der Waals surface area contributed by atoms with Crippen molar-refractivity contribution in [3.63, 3.8) is 0 Å². The van der Waals surface area contributed by atoms with Crippen molar-refractivity contribution in [2.45, 2.75) is 32.6 Å². The lowest BCUT2D eigenvalue weighted by Gasteiger charge is -2.09. The van der Waals surface area contributed by atoms with Crippen LogP contribution in [0.2, 0.25) is 0 Å². The molecule has 0 spiro atoms. The van der Waals surface area contributed by atoms with E-state index in [9.17, 15) is 18.0 Å². The van der Waals surface area contributed by atoms with Crippen LogP contribution in [0.3, 0.4) is 0 Å². The van der Waals surface area contributed by atoms with Crippen molar-refractivity contribution in [2.24, 2.45) is 5.92 Å². The number of unbranched alkanes of at least 4 members (excludes halogenated alkanes) is 1. The Morgan fingerprint density at radius 1 is 1.47 bits per heavy atom. The molecule has 1 saturated heterocycles. The third kappa shape index (κ3) is 2.54. The van der Waals surface area contributed by atoms with Gasteiger partial charge in [0, 0.05) is 12.3 Å². The fraction of sp³-hybridized carbons (Fsp3) is 0.750. The Hall–Kier alpha value is -0.950. The van der Waals surface area contributed by atoms with Crippen LogP contribution in [0.25, 0.3) is 0 Å². The fourth-order valence-corrected chi connectivity index (χ4v) is 2.30. The van der Waals surface area contributed by atoms with E-state index in [4.69, 9.17) is 4.55 Å². The van der Waals surface area contributed by atoms with E-state index >= 15 is 0 Å². The van der Waals surface area contributed by atoms with E-state index in [2.05, 4.69) is 0 Å². The lowest BCUT2D eigenvalue weighted by atomic mass is 10.0. The summed E-state index contributed by atoms with van der Waals surface area (Å²) in [6.07, 6.45) is 1.97. The van der Waals surface area contributed by atoms with Crippen LogP contribution in [-0.2, 0) is 19.9 Å². The van der Waals surface area contributed by atoms with Crippen LogP contribution < -0.4 is 0 Å². The SMILES string of the molecule is CCCCC1CC(=O)N(S(=O)(=O)O)C1=O. The second-order valence-electron chi connectivity index (χ2n) is 3.52. The predicted molar refractivity (Wildman–Crippen MR) is 51.0 cm³/mol. The zero-order valence-corrected chi connectivity index (χ0v) is 9.16. The minimum Gasteiger partial charge on any atom is -0.273 e. The molecule has 1 atom stereocenters. The lowest BCUT2D eigenvalue weighted by Crippen LogP contribution is -2.36. The minimum absolute atomic E-state index is 0.0344. The first-order valence-corrected chi connectivity index (χ1v) is 6.12. The molecule has 86 valence electrons. The van der Waals surface area contributed by atoms with Gasteiger partial charge < -0.3 is 0 Å². The molecule has 1 unspecified atom stereocenters. The largest absolute Gasteiger partial charge is 0.368 e. The van der Waals surface area contributed by atoms with Gasteiger partial charge in [-0.15, -0.1) is 0 Å². The summed E-state index contributed by atoms with van der Waals surface area (Å²) in [5.41, 5.74) is 0. The summed E-state index contributed by atoms with van der Waals surface area (Å²) in [5.74, 6) is -2.25. The summed E-state index contributed by atoms with van der Waals surface area (Å²) >= 11 is 0. The molecule has 0 aromatic heterocycles. The zero-order valence-electron chi connectivity index (χ0n) is 8.34. The Labute approximate surface area is 88.1 Å². The Morgan fingerprint density at radius 2 is 2.07 bits per heavy atom. The Balaban J connectivity index is 2.80. The molecule has 1 N–H and O–H groups in total. The van der Waals surface area contributed by atoms with E-state index in [1.165, 1.54) is 0 Å². The van der Waals surface area contributed by atoms with Crippen LogP contribution in [0.1, 0.15) is 32.6 Å². The van der Waals surface area contributed by atoms with Gasteiger partial charge in [-0.1, -0.05) is 19.8 Å². The van der Waals surface area contributed by atoms with Gasteiger partial charge in [-0.2, -0.15) is 12.7 Å². The number of nitrogens with zero attached hydrogens (tertiary/aromatic N) is 1. The molecule has 1 fully saturated rings. The number of carbonyl (C=O) groups is 2. The molecule has 6 nitrogen and oxygen atoms in total. The normalized spacial score (nSPS) is 22.5. The molecule has 1 aliphatic heterocycles. The molecule has 0 saturated carbocycles. The first kappa shape index (κ1) is 12.1. The van der Waals surface area contributed by atoms with Gasteiger partial charge in [-0.3, -0.25) is 14.1 Å². The molecule has 0 bridgehead atoms.